The molecule has 0 aliphatic carbocycles. The molecule has 2 aliphatic heterocycles. The van der Waals surface area contributed by atoms with Gasteiger partial charge in [-0.1, -0.05) is 84.0 Å². The van der Waals surface area contributed by atoms with Crippen molar-refractivity contribution in [2.75, 3.05) is 9.80 Å². The molecule has 4 heteroatoms. The average Bonchev–Trinajstić information content (AvgIpc) is 3.14. The van der Waals surface area contributed by atoms with Gasteiger partial charge in [0.25, 0.3) is 0 Å². The molecule has 4 nitrogen and oxygen atoms in total. The Morgan fingerprint density at radius 3 is 2.21 bits per heavy atom. The van der Waals surface area contributed by atoms with Gasteiger partial charge in [-0.3, -0.25) is 0 Å². The molecule has 3 aromatic rings. The first-order valence-electron chi connectivity index (χ1n) is 11.9. The molecular weight excluding hydrogens is 404 g/mol. The fraction of sp³-hybridized carbons (Fsp3) is 0.379. The van der Waals surface area contributed by atoms with Gasteiger partial charge in [-0.25, -0.2) is 9.97 Å². The van der Waals surface area contributed by atoms with E-state index in [1.807, 2.05) is 6.20 Å². The average molecular weight is 439 g/mol. The lowest BCUT2D eigenvalue weighted by Crippen LogP contribution is -2.48. The summed E-state index contributed by atoms with van der Waals surface area (Å²) in [5.41, 5.74) is 4.59. The first-order chi connectivity index (χ1) is 15.7. The molecule has 0 spiro atoms. The van der Waals surface area contributed by atoms with Gasteiger partial charge in [0.2, 0.25) is 0 Å². The number of nitrogens with zero attached hydrogens (tertiary/aromatic N) is 4. The summed E-state index contributed by atoms with van der Waals surface area (Å²) in [5, 5.41) is 0. The molecule has 5 rings (SSSR count). The third-order valence-electron chi connectivity index (χ3n) is 8.12. The Kier molecular flexibility index (Phi) is 4.89. The van der Waals surface area contributed by atoms with Crippen molar-refractivity contribution < 1.29 is 0 Å². The number of aromatic nitrogens is 2. The summed E-state index contributed by atoms with van der Waals surface area (Å²) in [6.45, 7) is 17.9. The van der Waals surface area contributed by atoms with Gasteiger partial charge in [-0.2, -0.15) is 0 Å². The van der Waals surface area contributed by atoms with E-state index in [0.29, 0.717) is 5.92 Å². The van der Waals surface area contributed by atoms with Gasteiger partial charge < -0.3 is 9.80 Å². The number of hydrogen-bond acceptors (Lipinski definition) is 4. The topological polar surface area (TPSA) is 32.3 Å². The van der Waals surface area contributed by atoms with Gasteiger partial charge in [0.15, 0.2) is 11.6 Å². The fourth-order valence-corrected chi connectivity index (χ4v) is 5.15. The highest BCUT2D eigenvalue weighted by molar-refractivity contribution is 5.86. The molecule has 2 aromatic carbocycles. The van der Waals surface area contributed by atoms with Crippen LogP contribution in [0.2, 0.25) is 0 Å². The zero-order valence-corrected chi connectivity index (χ0v) is 20.6. The van der Waals surface area contributed by atoms with Crippen molar-refractivity contribution in [1.82, 2.24) is 9.97 Å². The molecule has 3 unspecified atom stereocenters. The van der Waals surface area contributed by atoms with Crippen LogP contribution < -0.4 is 9.80 Å². The normalized spacial score (nSPS) is 21.9. The van der Waals surface area contributed by atoms with Crippen LogP contribution in [0.25, 0.3) is 0 Å². The van der Waals surface area contributed by atoms with E-state index in [1.165, 1.54) is 11.3 Å². The van der Waals surface area contributed by atoms with E-state index in [2.05, 4.69) is 119 Å². The standard InChI is InChI=1S/C29H34N4/c1-8-21-19(2)27-32(20-14-10-9-11-15-20)25-26(33(27)23-17-13-12-16-22(21)23)31-24(18-30-25)29(6,7)28(3,4)5/h8-19,21,27H,1H2,2-7H3. The number of anilines is 4. The zero-order valence-electron chi connectivity index (χ0n) is 20.6. The van der Waals surface area contributed by atoms with Gasteiger partial charge in [-0.15, -0.1) is 6.58 Å². The monoisotopic (exact) mass is 438 g/mol. The fourth-order valence-electron chi connectivity index (χ4n) is 5.15. The number of rotatable bonds is 3. The molecule has 0 saturated heterocycles. The number of para-hydroxylation sites is 2. The lowest BCUT2D eigenvalue weighted by atomic mass is 9.67. The Morgan fingerprint density at radius 2 is 1.55 bits per heavy atom. The van der Waals surface area contributed by atoms with Crippen LogP contribution in [0.3, 0.4) is 0 Å². The van der Waals surface area contributed by atoms with Crippen LogP contribution in [0.15, 0.2) is 73.4 Å². The van der Waals surface area contributed by atoms with Crippen LogP contribution >= 0.6 is 0 Å². The van der Waals surface area contributed by atoms with Gasteiger partial charge >= 0.3 is 0 Å². The number of benzene rings is 2. The molecule has 0 N–H and O–H groups in total. The maximum atomic E-state index is 5.33. The van der Waals surface area contributed by atoms with Crippen molar-refractivity contribution >= 4 is 23.0 Å². The first kappa shape index (κ1) is 21.7. The quantitative estimate of drug-likeness (QED) is 0.401. The summed E-state index contributed by atoms with van der Waals surface area (Å²) in [7, 11) is 0. The van der Waals surface area contributed by atoms with E-state index in [0.717, 1.165) is 23.0 Å². The Balaban J connectivity index is 1.78. The van der Waals surface area contributed by atoms with Crippen LogP contribution in [0.4, 0.5) is 23.0 Å². The van der Waals surface area contributed by atoms with Gasteiger partial charge in [-0.05, 0) is 29.2 Å². The molecule has 0 saturated carbocycles. The van der Waals surface area contributed by atoms with E-state index in [1.54, 1.807) is 0 Å². The van der Waals surface area contributed by atoms with Gasteiger partial charge in [0, 0.05) is 28.6 Å². The van der Waals surface area contributed by atoms with Crippen LogP contribution in [0.1, 0.15) is 58.7 Å². The number of hydrogen-bond donors (Lipinski definition) is 0. The van der Waals surface area contributed by atoms with Crippen LogP contribution in [0, 0.1) is 11.3 Å². The van der Waals surface area contributed by atoms with Crippen molar-refractivity contribution in [1.29, 1.82) is 0 Å². The zero-order chi connectivity index (χ0) is 23.5. The highest BCUT2D eigenvalue weighted by Gasteiger charge is 2.49. The van der Waals surface area contributed by atoms with Crippen molar-refractivity contribution in [3.8, 4) is 0 Å². The summed E-state index contributed by atoms with van der Waals surface area (Å²) < 4.78 is 0. The van der Waals surface area contributed by atoms with Gasteiger partial charge in [0.1, 0.15) is 6.17 Å². The number of fused-ring (bicyclic) bond motifs is 5. The van der Waals surface area contributed by atoms with E-state index in [9.17, 15) is 0 Å². The molecule has 33 heavy (non-hydrogen) atoms. The maximum absolute atomic E-state index is 5.33. The molecule has 0 fully saturated rings. The largest absolute Gasteiger partial charge is 0.302 e. The molecule has 3 atom stereocenters. The Morgan fingerprint density at radius 1 is 0.879 bits per heavy atom. The lowest BCUT2D eigenvalue weighted by Gasteiger charge is -2.44. The van der Waals surface area contributed by atoms with Crippen molar-refractivity contribution in [3.05, 3.63) is 84.7 Å². The molecule has 2 aliphatic rings. The Hall–Kier alpha value is -3.14. The minimum Gasteiger partial charge on any atom is -0.302 e. The van der Waals surface area contributed by atoms with Gasteiger partial charge in [0.05, 0.1) is 11.9 Å². The molecule has 0 amide bonds. The second-order valence-corrected chi connectivity index (χ2v) is 10.9. The predicted octanol–water partition coefficient (Wildman–Crippen LogP) is 7.34. The van der Waals surface area contributed by atoms with Crippen molar-refractivity contribution in [2.45, 2.75) is 59.0 Å². The maximum Gasteiger partial charge on any atom is 0.178 e. The highest BCUT2D eigenvalue weighted by Crippen LogP contribution is 2.55. The molecule has 1 aromatic heterocycles. The summed E-state index contributed by atoms with van der Waals surface area (Å²) in [6.07, 6.45) is 4.16. The van der Waals surface area contributed by atoms with Crippen LogP contribution in [-0.4, -0.2) is 16.1 Å². The summed E-state index contributed by atoms with van der Waals surface area (Å²) in [4.78, 5) is 15.2. The Bertz CT molecular complexity index is 1190. The molecule has 170 valence electrons. The minimum absolute atomic E-state index is 0.0497. The third-order valence-corrected chi connectivity index (χ3v) is 8.12. The molecular formula is C29H34N4. The minimum atomic E-state index is -0.130. The SMILES string of the molecule is C=CC1c2ccccc2N2c3nc(C(C)(C)C(C)(C)C)cnc3N(c3ccccc3)C2C1C. The van der Waals surface area contributed by atoms with E-state index in [-0.39, 0.29) is 22.9 Å². The lowest BCUT2D eigenvalue weighted by molar-refractivity contribution is 0.219. The summed E-state index contributed by atoms with van der Waals surface area (Å²) in [5.74, 6) is 2.42. The predicted molar refractivity (Wildman–Crippen MR) is 138 cm³/mol. The van der Waals surface area contributed by atoms with Crippen LogP contribution in [-0.2, 0) is 5.41 Å². The second-order valence-electron chi connectivity index (χ2n) is 10.9. The molecule has 0 bridgehead atoms. The van der Waals surface area contributed by atoms with Crippen LogP contribution in [0.5, 0.6) is 0 Å². The molecule has 0 radical (unpaired) electrons. The van der Waals surface area contributed by atoms with E-state index in [4.69, 9.17) is 9.97 Å². The Labute approximate surface area is 198 Å². The van der Waals surface area contributed by atoms with Crippen molar-refractivity contribution in [2.24, 2.45) is 11.3 Å². The molecule has 3 heterocycles. The van der Waals surface area contributed by atoms with Crippen molar-refractivity contribution in [3.63, 3.8) is 0 Å². The first-order valence-corrected chi connectivity index (χ1v) is 11.9. The summed E-state index contributed by atoms with van der Waals surface area (Å²) in [6, 6.07) is 19.3. The van der Waals surface area contributed by atoms with E-state index < -0.39 is 0 Å². The highest BCUT2D eigenvalue weighted by atomic mass is 15.5. The number of allylic oxidation sites excluding steroid dienone is 1. The van der Waals surface area contributed by atoms with E-state index >= 15 is 0 Å². The second kappa shape index (κ2) is 7.44. The smallest absolute Gasteiger partial charge is 0.178 e. The third kappa shape index (κ3) is 3.11. The summed E-state index contributed by atoms with van der Waals surface area (Å²) >= 11 is 0.